The summed E-state index contributed by atoms with van der Waals surface area (Å²) in [7, 11) is 0. The number of aromatic nitrogens is 3. The van der Waals surface area contributed by atoms with E-state index in [4.69, 9.17) is 11.0 Å². The molecule has 64 valence electrons. The Morgan fingerprint density at radius 1 is 1.75 bits per heavy atom. The van der Waals surface area contributed by atoms with Crippen molar-refractivity contribution in [3.8, 4) is 6.07 Å². The van der Waals surface area contributed by atoms with Crippen molar-refractivity contribution in [1.29, 1.82) is 5.26 Å². The van der Waals surface area contributed by atoms with Gasteiger partial charge in [-0.3, -0.25) is 0 Å². The first-order chi connectivity index (χ1) is 5.51. The maximum Gasteiger partial charge on any atom is 0.182 e. The molecule has 1 aromatic rings. The van der Waals surface area contributed by atoms with Crippen LogP contribution in [-0.2, 0) is 6.54 Å². The van der Waals surface area contributed by atoms with Crippen LogP contribution < -0.4 is 5.73 Å². The second kappa shape index (κ2) is 2.91. The van der Waals surface area contributed by atoms with Crippen LogP contribution in [0.4, 0.5) is 0 Å². The minimum Gasteiger partial charge on any atom is -0.324 e. The minimum absolute atomic E-state index is 0.319. The SMILES string of the molecule is CC(C)(N)Cn1cc(C#N)nn1. The van der Waals surface area contributed by atoms with Gasteiger partial charge in [0.05, 0.1) is 12.7 Å². The topological polar surface area (TPSA) is 80.5 Å². The maximum absolute atomic E-state index is 8.45. The van der Waals surface area contributed by atoms with Gasteiger partial charge in [0, 0.05) is 5.54 Å². The van der Waals surface area contributed by atoms with Crippen molar-refractivity contribution in [3.63, 3.8) is 0 Å². The Morgan fingerprint density at radius 3 is 2.83 bits per heavy atom. The van der Waals surface area contributed by atoms with Crippen LogP contribution in [-0.4, -0.2) is 20.5 Å². The van der Waals surface area contributed by atoms with Gasteiger partial charge in [0.2, 0.25) is 0 Å². The van der Waals surface area contributed by atoms with Gasteiger partial charge >= 0.3 is 0 Å². The normalized spacial score (nSPS) is 11.2. The van der Waals surface area contributed by atoms with Gasteiger partial charge in [-0.1, -0.05) is 5.21 Å². The molecule has 1 aromatic heterocycles. The fourth-order valence-electron chi connectivity index (χ4n) is 0.844. The summed E-state index contributed by atoms with van der Waals surface area (Å²) in [4.78, 5) is 0. The van der Waals surface area contributed by atoms with Crippen LogP contribution in [0.1, 0.15) is 19.5 Å². The van der Waals surface area contributed by atoms with Crippen LogP contribution in [0.2, 0.25) is 0 Å². The molecule has 0 unspecified atom stereocenters. The van der Waals surface area contributed by atoms with E-state index >= 15 is 0 Å². The minimum atomic E-state index is -0.333. The third-order valence-corrected chi connectivity index (χ3v) is 1.22. The molecule has 0 spiro atoms. The van der Waals surface area contributed by atoms with E-state index in [1.165, 1.54) is 0 Å². The number of nitrogens with two attached hydrogens (primary N) is 1. The smallest absolute Gasteiger partial charge is 0.182 e. The summed E-state index contributed by atoms with van der Waals surface area (Å²) in [5.41, 5.74) is 5.73. The van der Waals surface area contributed by atoms with Gasteiger partial charge in [-0.15, -0.1) is 5.10 Å². The van der Waals surface area contributed by atoms with E-state index in [9.17, 15) is 0 Å². The maximum atomic E-state index is 8.45. The molecule has 2 N–H and O–H groups in total. The Kier molecular flexibility index (Phi) is 2.11. The molecule has 0 bridgehead atoms. The predicted octanol–water partition coefficient (Wildman–Crippen LogP) is -0.113. The van der Waals surface area contributed by atoms with E-state index in [0.29, 0.717) is 12.2 Å². The van der Waals surface area contributed by atoms with Crippen LogP contribution in [0.25, 0.3) is 0 Å². The van der Waals surface area contributed by atoms with Gasteiger partial charge in [-0.05, 0) is 13.8 Å². The second-order valence-corrected chi connectivity index (χ2v) is 3.40. The summed E-state index contributed by atoms with van der Waals surface area (Å²) in [6.07, 6.45) is 1.58. The molecule has 0 aliphatic heterocycles. The summed E-state index contributed by atoms with van der Waals surface area (Å²) < 4.78 is 1.57. The zero-order chi connectivity index (χ0) is 9.19. The zero-order valence-electron chi connectivity index (χ0n) is 7.15. The Balaban J connectivity index is 2.72. The average molecular weight is 165 g/mol. The van der Waals surface area contributed by atoms with E-state index in [0.717, 1.165) is 0 Å². The van der Waals surface area contributed by atoms with Crippen LogP contribution >= 0.6 is 0 Å². The largest absolute Gasteiger partial charge is 0.324 e. The average Bonchev–Trinajstić information content (AvgIpc) is 2.32. The summed E-state index contributed by atoms with van der Waals surface area (Å²) in [5.74, 6) is 0. The van der Waals surface area contributed by atoms with Gasteiger partial charge in [0.1, 0.15) is 6.07 Å². The molecule has 0 saturated carbocycles. The highest BCUT2D eigenvalue weighted by atomic mass is 15.4. The first-order valence-electron chi connectivity index (χ1n) is 3.60. The molecule has 5 heteroatoms. The molecule has 12 heavy (non-hydrogen) atoms. The zero-order valence-corrected chi connectivity index (χ0v) is 7.15. The van der Waals surface area contributed by atoms with Crippen molar-refractivity contribution in [1.82, 2.24) is 15.0 Å². The first-order valence-corrected chi connectivity index (χ1v) is 3.60. The molecule has 1 heterocycles. The molecule has 0 saturated heterocycles. The lowest BCUT2D eigenvalue weighted by Gasteiger charge is -2.16. The lowest BCUT2D eigenvalue weighted by Crippen LogP contribution is -2.37. The summed E-state index contributed by atoms with van der Waals surface area (Å²) in [6.45, 7) is 4.34. The Bertz CT molecular complexity index is 300. The van der Waals surface area contributed by atoms with Crippen LogP contribution in [0.5, 0.6) is 0 Å². The highest BCUT2D eigenvalue weighted by Gasteiger charge is 2.12. The summed E-state index contributed by atoms with van der Waals surface area (Å²) in [6, 6.07) is 1.90. The van der Waals surface area contributed by atoms with Gasteiger partial charge in [-0.25, -0.2) is 4.68 Å². The fourth-order valence-corrected chi connectivity index (χ4v) is 0.844. The highest BCUT2D eigenvalue weighted by molar-refractivity contribution is 5.13. The lowest BCUT2D eigenvalue weighted by atomic mass is 10.1. The number of hydrogen-bond donors (Lipinski definition) is 1. The van der Waals surface area contributed by atoms with Gasteiger partial charge in [0.25, 0.3) is 0 Å². The van der Waals surface area contributed by atoms with Crippen molar-refractivity contribution in [2.75, 3.05) is 0 Å². The molecule has 0 aliphatic rings. The fraction of sp³-hybridized carbons (Fsp3) is 0.571. The van der Waals surface area contributed by atoms with Crippen molar-refractivity contribution in [2.45, 2.75) is 25.9 Å². The molecule has 0 radical (unpaired) electrons. The van der Waals surface area contributed by atoms with Crippen molar-refractivity contribution in [3.05, 3.63) is 11.9 Å². The lowest BCUT2D eigenvalue weighted by molar-refractivity contribution is 0.402. The third-order valence-electron chi connectivity index (χ3n) is 1.22. The third kappa shape index (κ3) is 2.32. The molecule has 1 rings (SSSR count). The Morgan fingerprint density at radius 2 is 2.42 bits per heavy atom. The standard InChI is InChI=1S/C7H11N5/c1-7(2,9)5-12-4-6(3-8)10-11-12/h4H,5,9H2,1-2H3. The molecule has 0 aliphatic carbocycles. The Labute approximate surface area is 70.8 Å². The monoisotopic (exact) mass is 165 g/mol. The number of rotatable bonds is 2. The van der Waals surface area contributed by atoms with E-state index in [2.05, 4.69) is 10.3 Å². The van der Waals surface area contributed by atoms with Crippen LogP contribution in [0.15, 0.2) is 6.20 Å². The van der Waals surface area contributed by atoms with Crippen LogP contribution in [0.3, 0.4) is 0 Å². The van der Waals surface area contributed by atoms with E-state index in [1.807, 2.05) is 19.9 Å². The quantitative estimate of drug-likeness (QED) is 0.662. The number of nitriles is 1. The van der Waals surface area contributed by atoms with Crippen LogP contribution in [0, 0.1) is 11.3 Å². The van der Waals surface area contributed by atoms with E-state index in [-0.39, 0.29) is 5.54 Å². The summed E-state index contributed by atoms with van der Waals surface area (Å²) in [5, 5.41) is 15.8. The molecular weight excluding hydrogens is 154 g/mol. The first kappa shape index (κ1) is 8.68. The highest BCUT2D eigenvalue weighted by Crippen LogP contribution is 2.00. The Hall–Kier alpha value is -1.41. The summed E-state index contributed by atoms with van der Waals surface area (Å²) >= 11 is 0. The predicted molar refractivity (Wildman–Crippen MR) is 43.0 cm³/mol. The van der Waals surface area contributed by atoms with Gasteiger partial charge in [0.15, 0.2) is 5.69 Å². The van der Waals surface area contributed by atoms with Crippen molar-refractivity contribution >= 4 is 0 Å². The van der Waals surface area contributed by atoms with E-state index < -0.39 is 0 Å². The van der Waals surface area contributed by atoms with Gasteiger partial charge < -0.3 is 5.73 Å². The van der Waals surface area contributed by atoms with Gasteiger partial charge in [-0.2, -0.15) is 5.26 Å². The van der Waals surface area contributed by atoms with Crippen molar-refractivity contribution < 1.29 is 0 Å². The molecule has 0 aromatic carbocycles. The number of nitrogens with zero attached hydrogens (tertiary/aromatic N) is 4. The number of hydrogen-bond acceptors (Lipinski definition) is 4. The molecule has 0 amide bonds. The second-order valence-electron chi connectivity index (χ2n) is 3.40. The molecular formula is C7H11N5. The molecule has 0 fully saturated rings. The van der Waals surface area contributed by atoms with E-state index in [1.54, 1.807) is 10.9 Å². The molecule has 5 nitrogen and oxygen atoms in total. The van der Waals surface area contributed by atoms with Crippen molar-refractivity contribution in [2.24, 2.45) is 5.73 Å². The molecule has 0 atom stereocenters.